The summed E-state index contributed by atoms with van der Waals surface area (Å²) in [4.78, 5) is 12.2. The number of anilines is 1. The van der Waals surface area contributed by atoms with Gasteiger partial charge in [-0.3, -0.25) is 4.79 Å². The van der Waals surface area contributed by atoms with Gasteiger partial charge in [-0.1, -0.05) is 0 Å². The third-order valence-electron chi connectivity index (χ3n) is 4.19. The lowest BCUT2D eigenvalue weighted by molar-refractivity contribution is -0.118. The minimum atomic E-state index is -0.286. The van der Waals surface area contributed by atoms with E-state index in [0.29, 0.717) is 34.6 Å². The van der Waals surface area contributed by atoms with E-state index in [9.17, 15) is 4.79 Å². The highest BCUT2D eigenvalue weighted by Crippen LogP contribution is 2.27. The van der Waals surface area contributed by atoms with Crippen LogP contribution in [0.1, 0.15) is 17.2 Å². The van der Waals surface area contributed by atoms with Gasteiger partial charge in [0.15, 0.2) is 29.8 Å². The van der Waals surface area contributed by atoms with Crippen molar-refractivity contribution in [3.8, 4) is 17.2 Å². The van der Waals surface area contributed by atoms with Crippen molar-refractivity contribution < 1.29 is 19.0 Å². The summed E-state index contributed by atoms with van der Waals surface area (Å²) in [7, 11) is 3.12. The van der Waals surface area contributed by atoms with Crippen LogP contribution >= 0.6 is 0 Å². The van der Waals surface area contributed by atoms with Crippen molar-refractivity contribution in [2.24, 2.45) is 5.10 Å². The van der Waals surface area contributed by atoms with E-state index in [1.807, 2.05) is 19.9 Å². The molecule has 0 aliphatic carbocycles. The van der Waals surface area contributed by atoms with Crippen LogP contribution < -0.4 is 19.5 Å². The zero-order chi connectivity index (χ0) is 21.5. The molecule has 0 bridgehead atoms. The van der Waals surface area contributed by atoms with Gasteiger partial charge in [-0.05, 0) is 61.9 Å². The minimum absolute atomic E-state index is 0.158. The molecule has 0 fully saturated rings. The second-order valence-electron chi connectivity index (χ2n) is 6.33. The molecule has 0 spiro atoms. The number of hydrogen-bond acceptors (Lipinski definition) is 7. The van der Waals surface area contributed by atoms with Crippen LogP contribution in [0.15, 0.2) is 47.6 Å². The number of benzene rings is 2. The number of hydrogen-bond donors (Lipinski definition) is 1. The Morgan fingerprint density at radius 2 is 1.73 bits per heavy atom. The van der Waals surface area contributed by atoms with Crippen molar-refractivity contribution in [3.63, 3.8) is 0 Å². The third-order valence-corrected chi connectivity index (χ3v) is 4.19. The SMILES string of the molecule is COc1ccc(NC(=O)COc2ccc(/C=N/n3c(C)nnc3C)cc2OC)cc1. The highest BCUT2D eigenvalue weighted by atomic mass is 16.5. The molecular formula is C21H23N5O4. The van der Waals surface area contributed by atoms with Crippen LogP contribution in [0.5, 0.6) is 17.2 Å². The van der Waals surface area contributed by atoms with Crippen molar-refractivity contribution in [1.82, 2.24) is 14.9 Å². The van der Waals surface area contributed by atoms with Crippen molar-refractivity contribution in [3.05, 3.63) is 59.7 Å². The molecule has 156 valence electrons. The van der Waals surface area contributed by atoms with E-state index < -0.39 is 0 Å². The van der Waals surface area contributed by atoms with Gasteiger partial charge in [-0.25, -0.2) is 4.68 Å². The minimum Gasteiger partial charge on any atom is -0.497 e. The van der Waals surface area contributed by atoms with E-state index >= 15 is 0 Å². The number of carbonyl (C=O) groups is 1. The number of amides is 1. The van der Waals surface area contributed by atoms with Crippen LogP contribution in [0.25, 0.3) is 0 Å². The molecule has 0 aliphatic rings. The summed E-state index contributed by atoms with van der Waals surface area (Å²) in [5, 5.41) is 15.1. The van der Waals surface area contributed by atoms with E-state index in [2.05, 4.69) is 20.6 Å². The van der Waals surface area contributed by atoms with E-state index in [1.165, 1.54) is 7.11 Å². The molecule has 1 amide bonds. The van der Waals surface area contributed by atoms with E-state index in [1.54, 1.807) is 54.4 Å². The Bertz CT molecular complexity index is 1020. The second-order valence-corrected chi connectivity index (χ2v) is 6.33. The highest BCUT2D eigenvalue weighted by Gasteiger charge is 2.09. The summed E-state index contributed by atoms with van der Waals surface area (Å²) >= 11 is 0. The molecule has 0 radical (unpaired) electrons. The zero-order valence-corrected chi connectivity index (χ0v) is 17.2. The van der Waals surface area contributed by atoms with Crippen molar-refractivity contribution in [2.45, 2.75) is 13.8 Å². The van der Waals surface area contributed by atoms with Gasteiger partial charge in [0, 0.05) is 5.69 Å². The van der Waals surface area contributed by atoms with Gasteiger partial charge in [-0.2, -0.15) is 5.10 Å². The summed E-state index contributed by atoms with van der Waals surface area (Å²) in [6.07, 6.45) is 1.67. The molecule has 30 heavy (non-hydrogen) atoms. The summed E-state index contributed by atoms with van der Waals surface area (Å²) in [6, 6.07) is 12.4. The van der Waals surface area contributed by atoms with Gasteiger partial charge in [0.2, 0.25) is 0 Å². The Morgan fingerprint density at radius 3 is 2.37 bits per heavy atom. The number of aryl methyl sites for hydroxylation is 2. The van der Waals surface area contributed by atoms with Crippen LogP contribution in [0, 0.1) is 13.8 Å². The predicted molar refractivity (Wildman–Crippen MR) is 113 cm³/mol. The molecule has 0 saturated carbocycles. The Morgan fingerprint density at radius 1 is 1.03 bits per heavy atom. The van der Waals surface area contributed by atoms with E-state index in [4.69, 9.17) is 14.2 Å². The summed E-state index contributed by atoms with van der Waals surface area (Å²) in [5.41, 5.74) is 1.46. The molecule has 1 heterocycles. The van der Waals surface area contributed by atoms with Crippen molar-refractivity contribution in [2.75, 3.05) is 26.1 Å². The van der Waals surface area contributed by atoms with Crippen molar-refractivity contribution in [1.29, 1.82) is 0 Å². The van der Waals surface area contributed by atoms with Gasteiger partial charge in [0.05, 0.1) is 20.4 Å². The lowest BCUT2D eigenvalue weighted by Crippen LogP contribution is -2.20. The first-order chi connectivity index (χ1) is 14.5. The number of methoxy groups -OCH3 is 2. The van der Waals surface area contributed by atoms with Crippen LogP contribution in [0.4, 0.5) is 5.69 Å². The zero-order valence-electron chi connectivity index (χ0n) is 17.2. The first-order valence-corrected chi connectivity index (χ1v) is 9.18. The number of aromatic nitrogens is 3. The summed E-state index contributed by atoms with van der Waals surface area (Å²) in [6.45, 7) is 3.49. The molecular weight excluding hydrogens is 386 g/mol. The summed E-state index contributed by atoms with van der Waals surface area (Å²) < 4.78 is 17.7. The average molecular weight is 409 g/mol. The van der Waals surface area contributed by atoms with Gasteiger partial charge >= 0.3 is 0 Å². The topological polar surface area (TPSA) is 99.9 Å². The van der Waals surface area contributed by atoms with Crippen LogP contribution in [-0.4, -0.2) is 47.8 Å². The smallest absolute Gasteiger partial charge is 0.262 e. The maximum atomic E-state index is 12.2. The maximum Gasteiger partial charge on any atom is 0.262 e. The van der Waals surface area contributed by atoms with Crippen LogP contribution in [-0.2, 0) is 4.79 Å². The van der Waals surface area contributed by atoms with Gasteiger partial charge in [-0.15, -0.1) is 10.2 Å². The molecule has 1 aromatic heterocycles. The van der Waals surface area contributed by atoms with E-state index in [-0.39, 0.29) is 12.5 Å². The first kappa shape index (κ1) is 20.8. The fraction of sp³-hybridized carbons (Fsp3) is 0.238. The lowest BCUT2D eigenvalue weighted by atomic mass is 10.2. The monoisotopic (exact) mass is 409 g/mol. The maximum absolute atomic E-state index is 12.2. The molecule has 9 heteroatoms. The Balaban J connectivity index is 1.62. The van der Waals surface area contributed by atoms with E-state index in [0.717, 1.165) is 5.56 Å². The molecule has 1 N–H and O–H groups in total. The number of nitrogens with zero attached hydrogens (tertiary/aromatic N) is 4. The number of nitrogens with one attached hydrogen (secondary N) is 1. The number of carbonyl (C=O) groups excluding carboxylic acids is 1. The second kappa shape index (κ2) is 9.55. The molecule has 0 unspecified atom stereocenters. The van der Waals surface area contributed by atoms with Crippen LogP contribution in [0.3, 0.4) is 0 Å². The largest absolute Gasteiger partial charge is 0.497 e. The molecule has 2 aromatic carbocycles. The Labute approximate surface area is 174 Å². The Hall–Kier alpha value is -3.88. The first-order valence-electron chi connectivity index (χ1n) is 9.18. The molecule has 0 saturated heterocycles. The quantitative estimate of drug-likeness (QED) is 0.574. The molecule has 3 aromatic rings. The highest BCUT2D eigenvalue weighted by molar-refractivity contribution is 5.92. The molecule has 9 nitrogen and oxygen atoms in total. The fourth-order valence-electron chi connectivity index (χ4n) is 2.65. The van der Waals surface area contributed by atoms with Crippen LogP contribution in [0.2, 0.25) is 0 Å². The van der Waals surface area contributed by atoms with Gasteiger partial charge < -0.3 is 19.5 Å². The molecule has 0 aliphatic heterocycles. The fourth-order valence-corrected chi connectivity index (χ4v) is 2.65. The number of ether oxygens (including phenoxy) is 3. The lowest BCUT2D eigenvalue weighted by Gasteiger charge is -2.11. The standard InChI is InChI=1S/C21H23N5O4/c1-14-24-25-15(2)26(14)22-12-16-5-10-19(20(11-16)29-4)30-13-21(27)23-17-6-8-18(28-3)9-7-17/h5-12H,13H2,1-4H3,(H,23,27)/b22-12+. The summed E-state index contributed by atoms with van der Waals surface area (Å²) in [5.74, 6) is 2.76. The van der Waals surface area contributed by atoms with Crippen molar-refractivity contribution >= 4 is 17.8 Å². The molecule has 0 atom stereocenters. The third kappa shape index (κ3) is 5.13. The van der Waals surface area contributed by atoms with Gasteiger partial charge in [0.1, 0.15) is 5.75 Å². The normalized spacial score (nSPS) is 10.8. The van der Waals surface area contributed by atoms with Gasteiger partial charge in [0.25, 0.3) is 5.91 Å². The Kier molecular flexibility index (Phi) is 6.63. The predicted octanol–water partition coefficient (Wildman–Crippen LogP) is 2.81. The average Bonchev–Trinajstić information content (AvgIpc) is 3.08. The number of rotatable bonds is 8. The molecule has 3 rings (SSSR count).